The molecule has 0 saturated heterocycles. The van der Waals surface area contributed by atoms with Gasteiger partial charge in [0.05, 0.1) is 12.2 Å². The molecular weight excluding hydrogens is 251 g/mol. The van der Waals surface area contributed by atoms with Crippen LogP contribution in [0.5, 0.6) is 0 Å². The smallest absolute Gasteiger partial charge is 0.135 e. The fourth-order valence-corrected chi connectivity index (χ4v) is 1.76. The van der Waals surface area contributed by atoms with E-state index in [4.69, 9.17) is 18.0 Å². The molecule has 2 rings (SSSR count). The standard InChI is InChI=1S/C12H13FN4S/c1-17-9(4-5-16-17)7-15-8-2-3-10(12(14)18)11(13)6-8/h2-6,15H,7H2,1H3,(H2,14,18). The zero-order valence-electron chi connectivity index (χ0n) is 9.85. The number of nitrogens with one attached hydrogen (secondary N) is 1. The largest absolute Gasteiger partial charge is 0.389 e. The second-order valence-electron chi connectivity index (χ2n) is 3.86. The Morgan fingerprint density at radius 1 is 1.50 bits per heavy atom. The Morgan fingerprint density at radius 2 is 2.28 bits per heavy atom. The number of nitrogens with zero attached hydrogens (tertiary/aromatic N) is 2. The highest BCUT2D eigenvalue weighted by Crippen LogP contribution is 2.15. The first-order chi connectivity index (χ1) is 8.58. The van der Waals surface area contributed by atoms with Gasteiger partial charge in [-0.05, 0) is 24.3 Å². The highest BCUT2D eigenvalue weighted by atomic mass is 32.1. The SMILES string of the molecule is Cn1nccc1CNc1ccc(C(N)=S)c(F)c1. The maximum absolute atomic E-state index is 13.6. The highest BCUT2D eigenvalue weighted by Gasteiger charge is 2.06. The molecule has 1 aromatic heterocycles. The van der Waals surface area contributed by atoms with Gasteiger partial charge in [0, 0.05) is 24.5 Å². The number of thiocarbonyl (C=S) groups is 1. The number of aromatic nitrogens is 2. The van der Waals surface area contributed by atoms with E-state index < -0.39 is 5.82 Å². The van der Waals surface area contributed by atoms with Gasteiger partial charge in [-0.1, -0.05) is 12.2 Å². The molecule has 18 heavy (non-hydrogen) atoms. The monoisotopic (exact) mass is 264 g/mol. The zero-order valence-corrected chi connectivity index (χ0v) is 10.7. The minimum atomic E-state index is -0.419. The molecule has 0 fully saturated rings. The van der Waals surface area contributed by atoms with Crippen LogP contribution in [0.3, 0.4) is 0 Å². The third-order valence-corrected chi connectivity index (χ3v) is 2.85. The van der Waals surface area contributed by atoms with Crippen molar-refractivity contribution in [2.24, 2.45) is 12.8 Å². The van der Waals surface area contributed by atoms with E-state index in [0.29, 0.717) is 12.2 Å². The third kappa shape index (κ3) is 2.65. The summed E-state index contributed by atoms with van der Waals surface area (Å²) in [4.78, 5) is 0.0608. The van der Waals surface area contributed by atoms with Crippen molar-refractivity contribution in [3.63, 3.8) is 0 Å². The van der Waals surface area contributed by atoms with Gasteiger partial charge in [-0.25, -0.2) is 4.39 Å². The Bertz CT molecular complexity index is 579. The number of hydrogen-bond acceptors (Lipinski definition) is 3. The van der Waals surface area contributed by atoms with Gasteiger partial charge in [-0.15, -0.1) is 0 Å². The molecule has 0 unspecified atom stereocenters. The fraction of sp³-hybridized carbons (Fsp3) is 0.167. The molecule has 0 atom stereocenters. The molecule has 0 aliphatic carbocycles. The third-order valence-electron chi connectivity index (χ3n) is 2.63. The van der Waals surface area contributed by atoms with Crippen molar-refractivity contribution in [1.82, 2.24) is 9.78 Å². The molecule has 1 heterocycles. The minimum absolute atomic E-state index is 0.0608. The summed E-state index contributed by atoms with van der Waals surface area (Å²) in [5, 5.41) is 7.16. The second kappa shape index (κ2) is 5.14. The van der Waals surface area contributed by atoms with E-state index in [-0.39, 0.29) is 10.6 Å². The minimum Gasteiger partial charge on any atom is -0.389 e. The first-order valence-electron chi connectivity index (χ1n) is 5.38. The van der Waals surface area contributed by atoms with Gasteiger partial charge in [-0.2, -0.15) is 5.10 Å². The average molecular weight is 264 g/mol. The lowest BCUT2D eigenvalue weighted by Crippen LogP contribution is -2.12. The predicted octanol–water partition coefficient (Wildman–Crippen LogP) is 1.81. The van der Waals surface area contributed by atoms with E-state index >= 15 is 0 Å². The van der Waals surface area contributed by atoms with Crippen molar-refractivity contribution in [1.29, 1.82) is 0 Å². The van der Waals surface area contributed by atoms with Crippen LogP contribution in [0.15, 0.2) is 30.5 Å². The fourth-order valence-electron chi connectivity index (χ4n) is 1.59. The second-order valence-corrected chi connectivity index (χ2v) is 4.30. The Morgan fingerprint density at radius 3 is 2.83 bits per heavy atom. The van der Waals surface area contributed by atoms with Gasteiger partial charge in [0.2, 0.25) is 0 Å². The van der Waals surface area contributed by atoms with Gasteiger partial charge in [-0.3, -0.25) is 4.68 Å². The lowest BCUT2D eigenvalue weighted by molar-refractivity contribution is 0.625. The summed E-state index contributed by atoms with van der Waals surface area (Å²) in [6.45, 7) is 0.572. The average Bonchev–Trinajstić information content (AvgIpc) is 2.72. The van der Waals surface area contributed by atoms with Gasteiger partial charge in [0.1, 0.15) is 10.8 Å². The molecule has 0 aliphatic heterocycles. The summed E-state index contributed by atoms with van der Waals surface area (Å²) in [7, 11) is 1.85. The van der Waals surface area contributed by atoms with Crippen molar-refractivity contribution in [2.75, 3.05) is 5.32 Å². The summed E-state index contributed by atoms with van der Waals surface area (Å²) in [5.74, 6) is -0.419. The first kappa shape index (κ1) is 12.5. The van der Waals surface area contributed by atoms with E-state index in [0.717, 1.165) is 5.69 Å². The summed E-state index contributed by atoms with van der Waals surface area (Å²) < 4.78 is 15.4. The van der Waals surface area contributed by atoms with E-state index in [1.165, 1.54) is 6.07 Å². The van der Waals surface area contributed by atoms with E-state index in [1.54, 1.807) is 23.0 Å². The lowest BCUT2D eigenvalue weighted by atomic mass is 10.2. The Balaban J connectivity index is 2.09. The number of aryl methyl sites for hydroxylation is 1. The summed E-state index contributed by atoms with van der Waals surface area (Å²) >= 11 is 4.75. The summed E-state index contributed by atoms with van der Waals surface area (Å²) in [6, 6.07) is 6.59. The van der Waals surface area contributed by atoms with Crippen LogP contribution in [0.25, 0.3) is 0 Å². The quantitative estimate of drug-likeness (QED) is 0.827. The van der Waals surface area contributed by atoms with Crippen molar-refractivity contribution in [2.45, 2.75) is 6.54 Å². The molecule has 0 aliphatic rings. The lowest BCUT2D eigenvalue weighted by Gasteiger charge is -2.08. The molecule has 0 radical (unpaired) electrons. The van der Waals surface area contributed by atoms with Crippen molar-refractivity contribution >= 4 is 22.9 Å². The Hall–Kier alpha value is -1.95. The molecule has 94 valence electrons. The number of halogens is 1. The van der Waals surface area contributed by atoms with E-state index in [2.05, 4.69) is 10.4 Å². The number of benzene rings is 1. The van der Waals surface area contributed by atoms with Crippen LogP contribution in [0.4, 0.5) is 10.1 Å². The summed E-state index contributed by atoms with van der Waals surface area (Å²) in [5.41, 5.74) is 7.34. The Kier molecular flexibility index (Phi) is 3.57. The first-order valence-corrected chi connectivity index (χ1v) is 5.79. The van der Waals surface area contributed by atoms with Crippen LogP contribution >= 0.6 is 12.2 Å². The molecular formula is C12H13FN4S. The summed E-state index contributed by atoms with van der Waals surface area (Å²) in [6.07, 6.45) is 1.72. The predicted molar refractivity (Wildman–Crippen MR) is 72.8 cm³/mol. The van der Waals surface area contributed by atoms with Crippen LogP contribution in [0.1, 0.15) is 11.3 Å². The highest BCUT2D eigenvalue weighted by molar-refractivity contribution is 7.80. The maximum atomic E-state index is 13.6. The Labute approximate surface area is 110 Å². The van der Waals surface area contributed by atoms with E-state index in [9.17, 15) is 4.39 Å². The number of rotatable bonds is 4. The van der Waals surface area contributed by atoms with Crippen LogP contribution in [-0.2, 0) is 13.6 Å². The number of nitrogens with two attached hydrogens (primary N) is 1. The molecule has 0 spiro atoms. The molecule has 0 amide bonds. The maximum Gasteiger partial charge on any atom is 0.135 e. The van der Waals surface area contributed by atoms with Crippen molar-refractivity contribution in [3.05, 3.63) is 47.5 Å². The normalized spacial score (nSPS) is 10.3. The molecule has 3 N–H and O–H groups in total. The zero-order chi connectivity index (χ0) is 13.1. The molecule has 1 aromatic carbocycles. The van der Waals surface area contributed by atoms with Crippen molar-refractivity contribution in [3.8, 4) is 0 Å². The van der Waals surface area contributed by atoms with Gasteiger partial charge in [0.15, 0.2) is 0 Å². The van der Waals surface area contributed by atoms with Gasteiger partial charge in [0.25, 0.3) is 0 Å². The van der Waals surface area contributed by atoms with Crippen LogP contribution in [-0.4, -0.2) is 14.8 Å². The van der Waals surface area contributed by atoms with E-state index in [1.807, 2.05) is 13.1 Å². The number of hydrogen-bond donors (Lipinski definition) is 2. The molecule has 0 saturated carbocycles. The molecule has 0 bridgehead atoms. The van der Waals surface area contributed by atoms with Crippen molar-refractivity contribution < 1.29 is 4.39 Å². The molecule has 6 heteroatoms. The number of anilines is 1. The van der Waals surface area contributed by atoms with Crippen LogP contribution in [0.2, 0.25) is 0 Å². The van der Waals surface area contributed by atoms with Gasteiger partial charge < -0.3 is 11.1 Å². The topological polar surface area (TPSA) is 55.9 Å². The molecule has 4 nitrogen and oxygen atoms in total. The van der Waals surface area contributed by atoms with Crippen LogP contribution in [0, 0.1) is 5.82 Å². The molecule has 2 aromatic rings. The van der Waals surface area contributed by atoms with Crippen LogP contribution < -0.4 is 11.1 Å². The van der Waals surface area contributed by atoms with Gasteiger partial charge >= 0.3 is 0 Å².